The number of para-hydroxylation sites is 2. The lowest BCUT2D eigenvalue weighted by atomic mass is 9.81. The van der Waals surface area contributed by atoms with E-state index in [0.29, 0.717) is 0 Å². The van der Waals surface area contributed by atoms with Crippen LogP contribution in [0.4, 0.5) is 17.1 Å². The number of rotatable bonds is 7. The van der Waals surface area contributed by atoms with Gasteiger partial charge in [-0.25, -0.2) is 0 Å². The van der Waals surface area contributed by atoms with Gasteiger partial charge in [-0.2, -0.15) is 0 Å². The molecule has 0 radical (unpaired) electrons. The molecule has 0 saturated carbocycles. The fraction of sp³-hybridized carbons (Fsp3) is 0.0508. The van der Waals surface area contributed by atoms with Crippen molar-refractivity contribution in [1.29, 1.82) is 0 Å². The summed E-state index contributed by atoms with van der Waals surface area (Å²) >= 11 is 0. The SMILES string of the molecule is CC1(C)c2cc(C=Cc3ccc(-c4c5ccccc5c(-c5cccc6ccccc56)c5ccccc45)cc3)ccc2-c2ccc(N(c3ccccc3)c3ccccc3)cc21. The zero-order chi connectivity index (χ0) is 40.2. The van der Waals surface area contributed by atoms with E-state index < -0.39 is 0 Å². The van der Waals surface area contributed by atoms with Gasteiger partial charge in [0.25, 0.3) is 0 Å². The molecule has 0 bridgehead atoms. The smallest absolute Gasteiger partial charge is 0.0465 e. The summed E-state index contributed by atoms with van der Waals surface area (Å²) in [5.74, 6) is 0. The molecule has 1 nitrogen and oxygen atoms in total. The van der Waals surface area contributed by atoms with Crippen molar-refractivity contribution in [2.24, 2.45) is 0 Å². The van der Waals surface area contributed by atoms with E-state index in [1.54, 1.807) is 0 Å². The van der Waals surface area contributed by atoms with Gasteiger partial charge in [0, 0.05) is 22.5 Å². The van der Waals surface area contributed by atoms with Crippen LogP contribution in [-0.2, 0) is 5.41 Å². The molecule has 10 aromatic carbocycles. The van der Waals surface area contributed by atoms with Crippen molar-refractivity contribution in [3.8, 4) is 33.4 Å². The molecule has 60 heavy (non-hydrogen) atoms. The minimum absolute atomic E-state index is 0.153. The highest BCUT2D eigenvalue weighted by Gasteiger charge is 2.36. The summed E-state index contributed by atoms with van der Waals surface area (Å²) < 4.78 is 0. The van der Waals surface area contributed by atoms with E-state index >= 15 is 0 Å². The Balaban J connectivity index is 0.920. The first-order chi connectivity index (χ1) is 29.5. The molecular formula is C59H43N. The largest absolute Gasteiger partial charge is 0.310 e. The predicted octanol–water partition coefficient (Wildman–Crippen LogP) is 16.4. The maximum atomic E-state index is 2.40. The number of fused-ring (bicyclic) bond motifs is 6. The Hall–Kier alpha value is -7.48. The van der Waals surface area contributed by atoms with Crippen LogP contribution >= 0.6 is 0 Å². The van der Waals surface area contributed by atoms with Crippen molar-refractivity contribution >= 4 is 61.5 Å². The summed E-state index contributed by atoms with van der Waals surface area (Å²) in [5.41, 5.74) is 16.1. The van der Waals surface area contributed by atoms with E-state index in [1.165, 1.54) is 88.0 Å². The first-order valence-electron chi connectivity index (χ1n) is 20.9. The lowest BCUT2D eigenvalue weighted by Gasteiger charge is -2.28. The number of anilines is 3. The zero-order valence-corrected chi connectivity index (χ0v) is 33.8. The van der Waals surface area contributed by atoms with Crippen molar-refractivity contribution in [1.82, 2.24) is 0 Å². The van der Waals surface area contributed by atoms with Gasteiger partial charge in [0.15, 0.2) is 0 Å². The Labute approximate surface area is 352 Å². The summed E-state index contributed by atoms with van der Waals surface area (Å²) in [7, 11) is 0. The van der Waals surface area contributed by atoms with Crippen LogP contribution in [0, 0.1) is 0 Å². The molecule has 0 N–H and O–H groups in total. The van der Waals surface area contributed by atoms with Gasteiger partial charge in [-0.15, -0.1) is 0 Å². The highest BCUT2D eigenvalue weighted by atomic mass is 15.1. The van der Waals surface area contributed by atoms with E-state index in [1.807, 2.05) is 0 Å². The normalized spacial score (nSPS) is 12.9. The topological polar surface area (TPSA) is 3.24 Å². The molecule has 0 heterocycles. The highest BCUT2D eigenvalue weighted by molar-refractivity contribution is 6.23. The maximum Gasteiger partial charge on any atom is 0.0465 e. The van der Waals surface area contributed by atoms with E-state index in [0.717, 1.165) is 17.1 Å². The first-order valence-corrected chi connectivity index (χ1v) is 20.9. The van der Waals surface area contributed by atoms with Crippen molar-refractivity contribution in [3.63, 3.8) is 0 Å². The van der Waals surface area contributed by atoms with Gasteiger partial charge in [0.2, 0.25) is 0 Å². The van der Waals surface area contributed by atoms with Crippen LogP contribution in [0.25, 0.3) is 77.9 Å². The Morgan fingerprint density at radius 2 is 0.833 bits per heavy atom. The number of hydrogen-bond acceptors (Lipinski definition) is 1. The summed E-state index contributed by atoms with van der Waals surface area (Å²) in [6.07, 6.45) is 4.51. The molecule has 1 aliphatic rings. The standard InChI is InChI=1S/C59H43N/c1-59(2)55-38-41(32-36-48(55)49-37-35-46(39-56(49)59)60(44-18-5-3-6-19-44)45-20-7-4-8-21-45)29-28-40-30-33-43(34-31-40)57-51-23-11-13-25-53(51)58(54-26-14-12-24-52(54)57)50-27-15-17-42-16-9-10-22-47(42)50/h3-39H,1-2H3. The van der Waals surface area contributed by atoms with E-state index in [9.17, 15) is 0 Å². The molecule has 1 heteroatoms. The number of hydrogen-bond donors (Lipinski definition) is 0. The monoisotopic (exact) mass is 765 g/mol. The van der Waals surface area contributed by atoms with Gasteiger partial charge in [-0.05, 0) is 124 Å². The van der Waals surface area contributed by atoms with Gasteiger partial charge in [-0.3, -0.25) is 0 Å². The Morgan fingerprint density at radius 1 is 0.350 bits per heavy atom. The summed E-state index contributed by atoms with van der Waals surface area (Å²) in [5, 5.41) is 7.61. The van der Waals surface area contributed by atoms with Gasteiger partial charge in [0.05, 0.1) is 0 Å². The van der Waals surface area contributed by atoms with Gasteiger partial charge >= 0.3 is 0 Å². The second-order valence-electron chi connectivity index (χ2n) is 16.5. The minimum atomic E-state index is -0.153. The van der Waals surface area contributed by atoms with Crippen LogP contribution in [0.2, 0.25) is 0 Å². The Bertz CT molecular complexity index is 3160. The molecule has 0 spiro atoms. The Morgan fingerprint density at radius 3 is 1.47 bits per heavy atom. The molecule has 10 aromatic rings. The maximum absolute atomic E-state index is 2.40. The van der Waals surface area contributed by atoms with Crippen LogP contribution in [0.3, 0.4) is 0 Å². The lowest BCUT2D eigenvalue weighted by molar-refractivity contribution is 0.660. The minimum Gasteiger partial charge on any atom is -0.310 e. The van der Waals surface area contributed by atoms with Crippen molar-refractivity contribution in [3.05, 3.63) is 235 Å². The summed E-state index contributed by atoms with van der Waals surface area (Å²) in [6, 6.07) is 77.6. The molecule has 0 atom stereocenters. The van der Waals surface area contributed by atoms with Crippen LogP contribution in [0.1, 0.15) is 36.1 Å². The third-order valence-electron chi connectivity index (χ3n) is 12.6. The van der Waals surface area contributed by atoms with E-state index in [4.69, 9.17) is 0 Å². The molecule has 1 aliphatic carbocycles. The van der Waals surface area contributed by atoms with Crippen LogP contribution in [0.15, 0.2) is 212 Å². The van der Waals surface area contributed by atoms with Crippen LogP contribution in [-0.4, -0.2) is 0 Å². The van der Waals surface area contributed by atoms with Gasteiger partial charge in [0.1, 0.15) is 0 Å². The second kappa shape index (κ2) is 14.4. The predicted molar refractivity (Wildman–Crippen MR) is 257 cm³/mol. The van der Waals surface area contributed by atoms with E-state index in [-0.39, 0.29) is 5.41 Å². The van der Waals surface area contributed by atoms with Gasteiger partial charge < -0.3 is 4.90 Å². The van der Waals surface area contributed by atoms with Crippen molar-refractivity contribution in [2.45, 2.75) is 19.3 Å². The fourth-order valence-electron chi connectivity index (χ4n) is 9.71. The lowest BCUT2D eigenvalue weighted by Crippen LogP contribution is -2.16. The molecule has 0 fully saturated rings. The Kier molecular flexibility index (Phi) is 8.57. The first kappa shape index (κ1) is 35.7. The highest BCUT2D eigenvalue weighted by Crippen LogP contribution is 2.51. The molecule has 0 unspecified atom stereocenters. The van der Waals surface area contributed by atoms with Crippen molar-refractivity contribution in [2.75, 3.05) is 4.90 Å². The average Bonchev–Trinajstić information content (AvgIpc) is 3.53. The molecule has 284 valence electrons. The zero-order valence-electron chi connectivity index (χ0n) is 33.8. The molecule has 0 aliphatic heterocycles. The third kappa shape index (κ3) is 5.93. The number of benzene rings is 10. The second-order valence-corrected chi connectivity index (χ2v) is 16.5. The van der Waals surface area contributed by atoms with Crippen LogP contribution < -0.4 is 4.90 Å². The van der Waals surface area contributed by atoms with Gasteiger partial charge in [-0.1, -0.05) is 202 Å². The number of nitrogens with zero attached hydrogens (tertiary/aromatic N) is 1. The molecule has 0 aromatic heterocycles. The summed E-state index contributed by atoms with van der Waals surface area (Å²) in [6.45, 7) is 4.73. The quantitative estimate of drug-likeness (QED) is 0.115. The molecular weight excluding hydrogens is 723 g/mol. The third-order valence-corrected chi connectivity index (χ3v) is 12.6. The molecule has 0 saturated heterocycles. The van der Waals surface area contributed by atoms with E-state index in [2.05, 4.69) is 243 Å². The molecule has 11 rings (SSSR count). The molecule has 0 amide bonds. The van der Waals surface area contributed by atoms with Crippen molar-refractivity contribution < 1.29 is 0 Å². The fourth-order valence-corrected chi connectivity index (χ4v) is 9.71. The summed E-state index contributed by atoms with van der Waals surface area (Å²) in [4.78, 5) is 2.35. The van der Waals surface area contributed by atoms with Crippen LogP contribution in [0.5, 0.6) is 0 Å². The average molecular weight is 766 g/mol.